The lowest BCUT2D eigenvalue weighted by Crippen LogP contribution is -2.61. The number of hydrogen-bond donors (Lipinski definition) is 10. The van der Waals surface area contributed by atoms with Crippen molar-refractivity contribution < 1.29 is 75.7 Å². The SMILES string of the molecule is Cl.Cl.Cl.Cl.NC(CCCCB(O)O)(C(=O)O)C1CC(NCc2ccc(OC(F)(F)F)cc2)C1.NC(CCCCB(O)O)(C(=O)O)C1CC(NCc2ccc(OC(F)(F)F)cc2)C1. The van der Waals surface area contributed by atoms with Crippen molar-refractivity contribution in [2.24, 2.45) is 23.3 Å². The van der Waals surface area contributed by atoms with Crippen molar-refractivity contribution in [1.82, 2.24) is 10.6 Å². The van der Waals surface area contributed by atoms with E-state index in [1.807, 2.05) is 0 Å². The van der Waals surface area contributed by atoms with Gasteiger partial charge in [0.25, 0.3) is 0 Å². The van der Waals surface area contributed by atoms with Crippen molar-refractivity contribution in [3.8, 4) is 11.5 Å². The maximum absolute atomic E-state index is 12.2. The number of rotatable bonds is 22. The predicted molar refractivity (Wildman–Crippen MR) is 229 cm³/mol. The van der Waals surface area contributed by atoms with Crippen LogP contribution in [-0.2, 0) is 22.7 Å². The summed E-state index contributed by atoms with van der Waals surface area (Å²) in [5.74, 6) is -3.09. The maximum Gasteiger partial charge on any atom is 0.573 e. The first-order valence-corrected chi connectivity index (χ1v) is 18.9. The second kappa shape index (κ2) is 27.8. The standard InChI is InChI=1S/2C18H26BF3N2O5.4ClH/c2*20-18(21,22)29-15-5-3-12(4-6-15)11-24-14-9-13(10-14)17(23,16(25)26)7-1-2-8-19(27)28;;;;/h2*3-6,13-14,24,27-28H,1-2,7-11,23H2,(H,25,26);4*1H. The van der Waals surface area contributed by atoms with Gasteiger partial charge in [-0.25, -0.2) is 0 Å². The van der Waals surface area contributed by atoms with Crippen molar-refractivity contribution in [3.05, 3.63) is 59.7 Å². The third-order valence-corrected chi connectivity index (χ3v) is 10.6. The van der Waals surface area contributed by atoms with Gasteiger partial charge in [-0.15, -0.1) is 76.0 Å². The number of aliphatic carboxylic acids is 2. The fraction of sp³-hybridized carbons (Fsp3) is 0.611. The van der Waals surface area contributed by atoms with Gasteiger partial charge in [0, 0.05) is 25.2 Å². The molecule has 0 heterocycles. The Hall–Kier alpha value is -2.47. The zero-order valence-corrected chi connectivity index (χ0v) is 36.6. The number of carbonyl (C=O) groups is 2. The van der Waals surface area contributed by atoms with E-state index in [1.165, 1.54) is 48.5 Å². The van der Waals surface area contributed by atoms with Crippen molar-refractivity contribution >= 4 is 75.8 Å². The van der Waals surface area contributed by atoms with Gasteiger partial charge < -0.3 is 61.9 Å². The van der Waals surface area contributed by atoms with Crippen molar-refractivity contribution in [1.29, 1.82) is 0 Å². The molecular weight excluding hydrogens is 926 g/mol. The van der Waals surface area contributed by atoms with E-state index in [9.17, 15) is 46.1 Å². The summed E-state index contributed by atoms with van der Waals surface area (Å²) in [5.41, 5.74) is 11.1. The number of hydrogen-bond acceptors (Lipinski definition) is 12. The van der Waals surface area contributed by atoms with Crippen LogP contribution in [0.15, 0.2) is 48.5 Å². The van der Waals surface area contributed by atoms with E-state index in [0.717, 1.165) is 11.1 Å². The molecule has 2 atom stereocenters. The summed E-state index contributed by atoms with van der Waals surface area (Å²) in [6, 6.07) is 11.3. The highest BCUT2D eigenvalue weighted by molar-refractivity contribution is 6.41. The molecule has 0 amide bonds. The molecule has 356 valence electrons. The normalized spacial score (nSPS) is 19.8. The van der Waals surface area contributed by atoms with Crippen LogP contribution < -0.4 is 31.6 Å². The number of nitrogens with one attached hydrogen (secondary N) is 2. The van der Waals surface area contributed by atoms with Gasteiger partial charge in [-0.05, 0) is 98.4 Å². The van der Waals surface area contributed by atoms with Gasteiger partial charge in [0.05, 0.1) is 0 Å². The number of carboxylic acid groups (broad SMARTS) is 2. The van der Waals surface area contributed by atoms with E-state index in [4.69, 9.17) is 31.6 Å². The van der Waals surface area contributed by atoms with Gasteiger partial charge in [0.15, 0.2) is 0 Å². The summed E-state index contributed by atoms with van der Waals surface area (Å²) in [6.07, 6.45) is -4.31. The molecule has 2 fully saturated rings. The Bertz CT molecular complexity index is 1470. The number of ether oxygens (including phenoxy) is 2. The number of halogens is 10. The molecule has 4 rings (SSSR count). The molecule has 2 aliphatic carbocycles. The van der Waals surface area contributed by atoms with E-state index in [2.05, 4.69) is 20.1 Å². The van der Waals surface area contributed by atoms with Crippen LogP contribution in [0, 0.1) is 11.8 Å². The minimum absolute atomic E-state index is 0. The molecular formula is C36H56B2Cl4F6N4O10. The third kappa shape index (κ3) is 21.0. The minimum Gasteiger partial charge on any atom is -0.480 e. The Morgan fingerprint density at radius 3 is 1.11 bits per heavy atom. The average Bonchev–Trinajstić information content (AvgIpc) is 3.07. The minimum atomic E-state index is -4.72. The highest BCUT2D eigenvalue weighted by atomic mass is 35.5. The van der Waals surface area contributed by atoms with Gasteiger partial charge in [0.1, 0.15) is 22.6 Å². The Morgan fingerprint density at radius 1 is 0.581 bits per heavy atom. The first kappa shape index (κ1) is 61.6. The van der Waals surface area contributed by atoms with Crippen LogP contribution in [0.1, 0.15) is 75.3 Å². The quantitative estimate of drug-likeness (QED) is 0.0401. The van der Waals surface area contributed by atoms with Crippen LogP contribution in [0.3, 0.4) is 0 Å². The fourth-order valence-electron chi connectivity index (χ4n) is 7.01. The van der Waals surface area contributed by atoms with Crippen LogP contribution in [0.25, 0.3) is 0 Å². The van der Waals surface area contributed by atoms with E-state index in [0.29, 0.717) is 64.5 Å². The Morgan fingerprint density at radius 2 is 0.871 bits per heavy atom. The van der Waals surface area contributed by atoms with E-state index < -0.39 is 50.0 Å². The first-order valence-electron chi connectivity index (χ1n) is 18.9. The van der Waals surface area contributed by atoms with E-state index in [1.54, 1.807) is 0 Å². The average molecular weight is 982 g/mol. The molecule has 62 heavy (non-hydrogen) atoms. The Kier molecular flexibility index (Phi) is 27.6. The smallest absolute Gasteiger partial charge is 0.480 e. The van der Waals surface area contributed by atoms with Gasteiger partial charge in [-0.3, -0.25) is 9.59 Å². The van der Waals surface area contributed by atoms with Crippen molar-refractivity contribution in [2.45, 2.75) is 126 Å². The maximum atomic E-state index is 12.2. The lowest BCUT2D eigenvalue weighted by atomic mass is 9.66. The summed E-state index contributed by atoms with van der Waals surface area (Å²) in [5, 5.41) is 61.0. The van der Waals surface area contributed by atoms with Crippen molar-refractivity contribution in [2.75, 3.05) is 0 Å². The molecule has 26 heteroatoms. The molecule has 0 radical (unpaired) electrons. The lowest BCUT2D eigenvalue weighted by Gasteiger charge is -2.45. The molecule has 2 aromatic carbocycles. The number of benzene rings is 2. The largest absolute Gasteiger partial charge is 0.573 e. The molecule has 2 aromatic rings. The van der Waals surface area contributed by atoms with E-state index in [-0.39, 0.29) is 111 Å². The number of carboxylic acids is 2. The molecule has 0 bridgehead atoms. The molecule has 12 N–H and O–H groups in total. The summed E-state index contributed by atoms with van der Waals surface area (Å²) in [4.78, 5) is 23.3. The summed E-state index contributed by atoms with van der Waals surface area (Å²) in [6.45, 7) is 0.866. The Labute approximate surface area is 381 Å². The summed E-state index contributed by atoms with van der Waals surface area (Å²) >= 11 is 0. The third-order valence-electron chi connectivity index (χ3n) is 10.6. The number of alkyl halides is 6. The van der Waals surface area contributed by atoms with Gasteiger partial charge >= 0.3 is 38.9 Å². The van der Waals surface area contributed by atoms with Crippen LogP contribution in [0.2, 0.25) is 12.6 Å². The zero-order valence-electron chi connectivity index (χ0n) is 33.4. The second-order valence-corrected chi connectivity index (χ2v) is 15.0. The number of nitrogens with two attached hydrogens (primary N) is 2. The Balaban J connectivity index is 0. The molecule has 0 saturated heterocycles. The number of unbranched alkanes of at least 4 members (excludes halogenated alkanes) is 2. The van der Waals surface area contributed by atoms with Crippen LogP contribution in [0.5, 0.6) is 11.5 Å². The highest BCUT2D eigenvalue weighted by Crippen LogP contribution is 2.40. The first-order chi connectivity index (χ1) is 27.0. The van der Waals surface area contributed by atoms with Crippen LogP contribution >= 0.6 is 49.6 Å². The van der Waals surface area contributed by atoms with E-state index >= 15 is 0 Å². The molecule has 0 spiro atoms. The molecule has 0 aliphatic heterocycles. The topological polar surface area (TPSA) is 250 Å². The van der Waals surface area contributed by atoms with Gasteiger partial charge in [0.2, 0.25) is 0 Å². The van der Waals surface area contributed by atoms with Crippen LogP contribution in [0.4, 0.5) is 26.3 Å². The molecule has 2 saturated carbocycles. The van der Waals surface area contributed by atoms with Gasteiger partial charge in [-0.2, -0.15) is 0 Å². The highest BCUT2D eigenvalue weighted by Gasteiger charge is 2.49. The van der Waals surface area contributed by atoms with Crippen LogP contribution in [-0.4, -0.2) is 92.4 Å². The summed E-state index contributed by atoms with van der Waals surface area (Å²) < 4.78 is 80.6. The van der Waals surface area contributed by atoms with Crippen molar-refractivity contribution in [3.63, 3.8) is 0 Å². The summed E-state index contributed by atoms with van der Waals surface area (Å²) in [7, 11) is -2.81. The zero-order chi connectivity index (χ0) is 43.3. The molecule has 0 aromatic heterocycles. The monoisotopic (exact) mass is 980 g/mol. The van der Waals surface area contributed by atoms with Gasteiger partial charge in [-0.1, -0.05) is 49.9 Å². The second-order valence-electron chi connectivity index (χ2n) is 15.0. The molecule has 2 unspecified atom stereocenters. The fourth-order valence-corrected chi connectivity index (χ4v) is 7.01. The molecule has 14 nitrogen and oxygen atoms in total. The lowest BCUT2D eigenvalue weighted by molar-refractivity contribution is -0.275. The predicted octanol–water partition coefficient (Wildman–Crippen LogP) is 5.44. The molecule has 2 aliphatic rings.